The van der Waals surface area contributed by atoms with Crippen molar-refractivity contribution in [2.45, 2.75) is 12.5 Å². The van der Waals surface area contributed by atoms with E-state index in [1.165, 1.54) is 7.11 Å². The lowest BCUT2D eigenvalue weighted by atomic mass is 10.2. The van der Waals surface area contributed by atoms with Crippen molar-refractivity contribution in [3.05, 3.63) is 28.4 Å². The Balaban J connectivity index is 1.89. The Kier molecular flexibility index (Phi) is 3.95. The first kappa shape index (κ1) is 14.5. The number of benzene rings is 1. The number of nitrogens with one attached hydrogen (secondary N) is 1. The molecular weight excluding hydrogens is 354 g/mol. The fraction of sp³-hybridized carbons (Fsp3) is 0.286. The molecule has 0 fully saturated rings. The lowest BCUT2D eigenvalue weighted by molar-refractivity contribution is -0.140. The molecule has 0 saturated carbocycles. The minimum absolute atomic E-state index is 0.0204. The Morgan fingerprint density at radius 3 is 3.14 bits per heavy atom. The van der Waals surface area contributed by atoms with Gasteiger partial charge in [0.25, 0.3) is 0 Å². The zero-order valence-corrected chi connectivity index (χ0v) is 13.8. The SMILES string of the molecule is COC(=O)CC1CSC(c2cc3cc(Br)cc(N)c3[nH]2)=N1. The van der Waals surface area contributed by atoms with Crippen molar-refractivity contribution >= 4 is 55.3 Å². The first-order valence-electron chi connectivity index (χ1n) is 6.42. The van der Waals surface area contributed by atoms with Gasteiger partial charge in [-0.05, 0) is 18.2 Å². The number of aromatic amines is 1. The number of hydrogen-bond donors (Lipinski definition) is 2. The van der Waals surface area contributed by atoms with E-state index < -0.39 is 0 Å². The van der Waals surface area contributed by atoms with Crippen LogP contribution in [0.25, 0.3) is 10.9 Å². The second kappa shape index (κ2) is 5.73. The predicted octanol–water partition coefficient (Wildman–Crippen LogP) is 2.94. The lowest BCUT2D eigenvalue weighted by Crippen LogP contribution is -2.12. The third-order valence-electron chi connectivity index (χ3n) is 3.30. The molecule has 1 aliphatic rings. The normalized spacial score (nSPS) is 18.0. The van der Waals surface area contributed by atoms with E-state index in [9.17, 15) is 4.79 Å². The van der Waals surface area contributed by atoms with Gasteiger partial charge in [0.2, 0.25) is 0 Å². The number of rotatable bonds is 3. The highest BCUT2D eigenvalue weighted by atomic mass is 79.9. The number of nitrogen functional groups attached to an aromatic ring is 1. The van der Waals surface area contributed by atoms with Gasteiger partial charge >= 0.3 is 5.97 Å². The van der Waals surface area contributed by atoms with Crippen LogP contribution in [0.3, 0.4) is 0 Å². The molecule has 1 aromatic heterocycles. The maximum atomic E-state index is 11.3. The summed E-state index contributed by atoms with van der Waals surface area (Å²) in [4.78, 5) is 19.2. The van der Waals surface area contributed by atoms with E-state index in [0.29, 0.717) is 12.1 Å². The predicted molar refractivity (Wildman–Crippen MR) is 89.8 cm³/mol. The van der Waals surface area contributed by atoms with Gasteiger partial charge in [-0.2, -0.15) is 0 Å². The monoisotopic (exact) mass is 367 g/mol. The zero-order chi connectivity index (χ0) is 15.0. The van der Waals surface area contributed by atoms with Gasteiger partial charge in [0.1, 0.15) is 5.04 Å². The molecule has 1 unspecified atom stereocenters. The number of nitrogens with two attached hydrogens (primary N) is 1. The lowest BCUT2D eigenvalue weighted by Gasteiger charge is -2.02. The molecule has 0 aliphatic carbocycles. The van der Waals surface area contributed by atoms with Crippen molar-refractivity contribution in [1.29, 1.82) is 0 Å². The average molecular weight is 368 g/mol. The van der Waals surface area contributed by atoms with Gasteiger partial charge < -0.3 is 15.5 Å². The van der Waals surface area contributed by atoms with Crippen molar-refractivity contribution in [3.63, 3.8) is 0 Å². The number of aliphatic imine (C=N–C) groups is 1. The summed E-state index contributed by atoms with van der Waals surface area (Å²) >= 11 is 5.08. The van der Waals surface area contributed by atoms with E-state index in [0.717, 1.165) is 31.9 Å². The number of esters is 1. The van der Waals surface area contributed by atoms with Gasteiger partial charge in [0.15, 0.2) is 0 Å². The number of carbonyl (C=O) groups excluding carboxylic acids is 1. The first-order chi connectivity index (χ1) is 10.1. The molecule has 3 rings (SSSR count). The molecule has 2 heterocycles. The number of methoxy groups -OCH3 is 1. The van der Waals surface area contributed by atoms with Crippen molar-refractivity contribution in [3.8, 4) is 0 Å². The number of hydrogen-bond acceptors (Lipinski definition) is 5. The number of halogens is 1. The molecular formula is C14H14BrN3O2S. The molecule has 0 radical (unpaired) electrons. The molecule has 1 aliphatic heterocycles. The molecule has 1 atom stereocenters. The van der Waals surface area contributed by atoms with Crippen LogP contribution in [0.1, 0.15) is 12.1 Å². The summed E-state index contributed by atoms with van der Waals surface area (Å²) in [5.74, 6) is 0.564. The Labute approximate surface area is 134 Å². The van der Waals surface area contributed by atoms with E-state index in [1.54, 1.807) is 11.8 Å². The quantitative estimate of drug-likeness (QED) is 0.645. The number of ether oxygens (including phenoxy) is 1. The van der Waals surface area contributed by atoms with Crippen LogP contribution in [-0.2, 0) is 9.53 Å². The smallest absolute Gasteiger partial charge is 0.307 e. The van der Waals surface area contributed by atoms with E-state index in [4.69, 9.17) is 5.73 Å². The number of H-pyrrole nitrogens is 1. The van der Waals surface area contributed by atoms with E-state index in [2.05, 4.69) is 30.6 Å². The van der Waals surface area contributed by atoms with Crippen molar-refractivity contribution < 1.29 is 9.53 Å². The molecule has 0 bridgehead atoms. The Morgan fingerprint density at radius 1 is 1.57 bits per heavy atom. The minimum Gasteiger partial charge on any atom is -0.469 e. The summed E-state index contributed by atoms with van der Waals surface area (Å²) in [5, 5.41) is 1.95. The van der Waals surface area contributed by atoms with Gasteiger partial charge in [-0.3, -0.25) is 9.79 Å². The van der Waals surface area contributed by atoms with Gasteiger partial charge in [-0.1, -0.05) is 15.9 Å². The van der Waals surface area contributed by atoms with Crippen LogP contribution in [0, 0.1) is 0 Å². The number of nitrogens with zero attached hydrogens (tertiary/aromatic N) is 1. The fourth-order valence-electron chi connectivity index (χ4n) is 2.29. The molecule has 0 spiro atoms. The fourth-order valence-corrected chi connectivity index (χ4v) is 3.82. The summed E-state index contributed by atoms with van der Waals surface area (Å²) < 4.78 is 5.63. The molecule has 7 heteroatoms. The number of fused-ring (bicyclic) bond motifs is 1. The maximum Gasteiger partial charge on any atom is 0.307 e. The van der Waals surface area contributed by atoms with Gasteiger partial charge in [0, 0.05) is 15.6 Å². The van der Waals surface area contributed by atoms with E-state index in [-0.39, 0.29) is 12.0 Å². The second-order valence-electron chi connectivity index (χ2n) is 4.82. The number of anilines is 1. The van der Waals surface area contributed by atoms with Crippen molar-refractivity contribution in [1.82, 2.24) is 4.98 Å². The van der Waals surface area contributed by atoms with Gasteiger partial charge in [-0.25, -0.2) is 0 Å². The van der Waals surface area contributed by atoms with E-state index in [1.807, 2.05) is 18.2 Å². The van der Waals surface area contributed by atoms with Crippen LogP contribution < -0.4 is 5.73 Å². The Bertz CT molecular complexity index is 741. The topological polar surface area (TPSA) is 80.5 Å². The van der Waals surface area contributed by atoms with Crippen LogP contribution in [0.2, 0.25) is 0 Å². The molecule has 1 aromatic carbocycles. The second-order valence-corrected chi connectivity index (χ2v) is 6.75. The Hall–Kier alpha value is -1.47. The molecule has 5 nitrogen and oxygen atoms in total. The average Bonchev–Trinajstić information content (AvgIpc) is 3.04. The van der Waals surface area contributed by atoms with Gasteiger partial charge in [-0.15, -0.1) is 11.8 Å². The first-order valence-corrected chi connectivity index (χ1v) is 8.20. The summed E-state index contributed by atoms with van der Waals surface area (Å²) in [7, 11) is 1.40. The summed E-state index contributed by atoms with van der Waals surface area (Å²) in [6, 6.07) is 5.89. The van der Waals surface area contributed by atoms with Crippen LogP contribution in [0.5, 0.6) is 0 Å². The largest absolute Gasteiger partial charge is 0.469 e. The summed E-state index contributed by atoms with van der Waals surface area (Å²) in [6.45, 7) is 0. The third-order valence-corrected chi connectivity index (χ3v) is 4.90. The molecule has 3 N–H and O–H groups in total. The molecule has 0 saturated heterocycles. The highest BCUT2D eigenvalue weighted by Crippen LogP contribution is 2.30. The molecule has 0 amide bonds. The third kappa shape index (κ3) is 2.94. The van der Waals surface area contributed by atoms with Crippen LogP contribution >= 0.6 is 27.7 Å². The highest BCUT2D eigenvalue weighted by Gasteiger charge is 2.23. The van der Waals surface area contributed by atoms with E-state index >= 15 is 0 Å². The molecule has 2 aromatic rings. The molecule has 21 heavy (non-hydrogen) atoms. The summed E-state index contributed by atoms with van der Waals surface area (Å²) in [5.41, 5.74) is 8.55. The van der Waals surface area contributed by atoms with Crippen molar-refractivity contribution in [2.24, 2.45) is 4.99 Å². The zero-order valence-electron chi connectivity index (χ0n) is 11.4. The maximum absolute atomic E-state index is 11.3. The minimum atomic E-state index is -0.226. The van der Waals surface area contributed by atoms with Crippen LogP contribution in [-0.4, -0.2) is 34.9 Å². The number of thioether (sulfide) groups is 1. The molecule has 110 valence electrons. The van der Waals surface area contributed by atoms with Gasteiger partial charge in [0.05, 0.1) is 36.5 Å². The van der Waals surface area contributed by atoms with Crippen LogP contribution in [0.4, 0.5) is 5.69 Å². The Morgan fingerprint density at radius 2 is 2.38 bits per heavy atom. The van der Waals surface area contributed by atoms with Crippen LogP contribution in [0.15, 0.2) is 27.7 Å². The highest BCUT2D eigenvalue weighted by molar-refractivity contribution is 9.10. The standard InChI is InChI=1S/C14H14BrN3O2S/c1-20-12(19)5-9-6-21-14(17-9)11-3-7-2-8(15)4-10(16)13(7)18-11/h2-4,9,18H,5-6,16H2,1H3. The van der Waals surface area contributed by atoms with Crippen molar-refractivity contribution in [2.75, 3.05) is 18.6 Å². The summed E-state index contributed by atoms with van der Waals surface area (Å²) in [6.07, 6.45) is 0.320. The number of aromatic nitrogens is 1. The number of carbonyl (C=O) groups is 1.